The highest BCUT2D eigenvalue weighted by Crippen LogP contribution is 2.26. The molecule has 8 heteroatoms. The van der Waals surface area contributed by atoms with Crippen molar-refractivity contribution < 1.29 is 4.79 Å². The van der Waals surface area contributed by atoms with Gasteiger partial charge in [-0.05, 0) is 57.0 Å². The molecule has 0 saturated carbocycles. The van der Waals surface area contributed by atoms with Gasteiger partial charge in [0.05, 0.1) is 16.6 Å². The Morgan fingerprint density at radius 3 is 2.96 bits per heavy atom. The van der Waals surface area contributed by atoms with E-state index >= 15 is 0 Å². The van der Waals surface area contributed by atoms with Gasteiger partial charge in [0, 0.05) is 16.8 Å². The van der Waals surface area contributed by atoms with E-state index in [0.29, 0.717) is 28.5 Å². The van der Waals surface area contributed by atoms with E-state index in [9.17, 15) is 4.79 Å². The van der Waals surface area contributed by atoms with Crippen LogP contribution in [0, 0.1) is 0 Å². The number of H-pyrrole nitrogens is 2. The number of hydrogen-bond donors (Lipinski definition) is 4. The Balaban J connectivity index is 1.70. The summed E-state index contributed by atoms with van der Waals surface area (Å²) >= 11 is 6.08. The van der Waals surface area contributed by atoms with Crippen molar-refractivity contribution in [3.05, 3.63) is 47.1 Å². The highest BCUT2D eigenvalue weighted by atomic mass is 35.5. The molecule has 28 heavy (non-hydrogen) atoms. The largest absolute Gasteiger partial charge is 0.349 e. The normalized spacial score (nSPS) is 15.0. The summed E-state index contributed by atoms with van der Waals surface area (Å²) in [5.74, 6) is 0.432. The number of aromatic amines is 2. The number of benzene rings is 1. The number of halogens is 1. The van der Waals surface area contributed by atoms with Crippen LogP contribution in [0.5, 0.6) is 0 Å². The van der Waals surface area contributed by atoms with Gasteiger partial charge in [-0.2, -0.15) is 5.10 Å². The van der Waals surface area contributed by atoms with Crippen LogP contribution in [-0.2, 0) is 6.42 Å². The van der Waals surface area contributed by atoms with E-state index in [0.717, 1.165) is 49.1 Å². The highest BCUT2D eigenvalue weighted by molar-refractivity contribution is 6.31. The third-order valence-corrected chi connectivity index (χ3v) is 5.24. The monoisotopic (exact) mass is 398 g/mol. The van der Waals surface area contributed by atoms with Crippen molar-refractivity contribution in [1.29, 1.82) is 0 Å². The lowest BCUT2D eigenvalue weighted by molar-refractivity contribution is 0.0929. The molecule has 1 fully saturated rings. The smallest absolute Gasteiger partial charge is 0.255 e. The van der Waals surface area contributed by atoms with Gasteiger partial charge in [0.15, 0.2) is 5.82 Å². The topological polar surface area (TPSA) is 98.5 Å². The summed E-state index contributed by atoms with van der Waals surface area (Å²) in [4.78, 5) is 21.0. The second kappa shape index (κ2) is 8.16. The number of nitrogens with zero attached hydrogens (tertiary/aromatic N) is 2. The zero-order chi connectivity index (χ0) is 19.5. The Morgan fingerprint density at radius 1 is 1.36 bits per heavy atom. The summed E-state index contributed by atoms with van der Waals surface area (Å²) in [6.07, 6.45) is 5.09. The molecule has 4 rings (SSSR count). The van der Waals surface area contributed by atoms with Gasteiger partial charge in [0.25, 0.3) is 5.91 Å². The first kappa shape index (κ1) is 18.7. The first-order valence-corrected chi connectivity index (χ1v) is 9.89. The number of imidazole rings is 1. The Kier molecular flexibility index (Phi) is 5.45. The van der Waals surface area contributed by atoms with E-state index in [1.807, 2.05) is 18.2 Å². The lowest BCUT2D eigenvalue weighted by Crippen LogP contribution is -2.43. The van der Waals surface area contributed by atoms with Gasteiger partial charge in [0.1, 0.15) is 5.69 Å². The van der Waals surface area contributed by atoms with Gasteiger partial charge in [-0.1, -0.05) is 17.7 Å². The van der Waals surface area contributed by atoms with Crippen LogP contribution in [0.3, 0.4) is 0 Å². The number of aromatic nitrogens is 4. The SMILES string of the molecule is C=CCCc1[nH]nc(-c2nc3ccc(Cl)cc3[nH]2)c1C(=O)NC1CCNCC1. The molecule has 1 aliphatic rings. The molecule has 0 bridgehead atoms. The molecular formula is C20H23ClN6O. The first-order valence-electron chi connectivity index (χ1n) is 9.51. The predicted molar refractivity (Wildman–Crippen MR) is 111 cm³/mol. The molecule has 0 spiro atoms. The van der Waals surface area contributed by atoms with Gasteiger partial charge in [-0.3, -0.25) is 9.89 Å². The van der Waals surface area contributed by atoms with Crippen molar-refractivity contribution in [3.8, 4) is 11.5 Å². The molecule has 146 valence electrons. The molecule has 1 amide bonds. The first-order chi connectivity index (χ1) is 13.7. The van der Waals surface area contributed by atoms with E-state index in [1.54, 1.807) is 6.07 Å². The number of hydrogen-bond acceptors (Lipinski definition) is 4. The maximum Gasteiger partial charge on any atom is 0.255 e. The zero-order valence-electron chi connectivity index (χ0n) is 15.5. The molecule has 3 heterocycles. The summed E-state index contributed by atoms with van der Waals surface area (Å²) in [6, 6.07) is 5.61. The number of allylic oxidation sites excluding steroid dienone is 1. The van der Waals surface area contributed by atoms with E-state index in [-0.39, 0.29) is 11.9 Å². The van der Waals surface area contributed by atoms with Gasteiger partial charge in [-0.15, -0.1) is 6.58 Å². The van der Waals surface area contributed by atoms with Crippen LogP contribution in [0.25, 0.3) is 22.6 Å². The maximum atomic E-state index is 13.1. The fourth-order valence-corrected chi connectivity index (χ4v) is 3.71. The molecule has 7 nitrogen and oxygen atoms in total. The molecule has 1 saturated heterocycles. The van der Waals surface area contributed by atoms with Crippen LogP contribution >= 0.6 is 11.6 Å². The number of fused-ring (bicyclic) bond motifs is 1. The lowest BCUT2D eigenvalue weighted by Gasteiger charge is -2.23. The quantitative estimate of drug-likeness (QED) is 0.479. The molecule has 1 aromatic carbocycles. The summed E-state index contributed by atoms with van der Waals surface area (Å²) in [7, 11) is 0. The Bertz CT molecular complexity index is 1000. The van der Waals surface area contributed by atoms with E-state index < -0.39 is 0 Å². The zero-order valence-corrected chi connectivity index (χ0v) is 16.3. The number of nitrogens with one attached hydrogen (secondary N) is 4. The molecule has 0 radical (unpaired) electrons. The molecular weight excluding hydrogens is 376 g/mol. The highest BCUT2D eigenvalue weighted by Gasteiger charge is 2.25. The predicted octanol–water partition coefficient (Wildman–Crippen LogP) is 3.21. The van der Waals surface area contributed by atoms with E-state index in [2.05, 4.69) is 37.4 Å². The molecule has 3 aromatic rings. The second-order valence-corrected chi connectivity index (χ2v) is 7.43. The fourth-order valence-electron chi connectivity index (χ4n) is 3.54. The molecule has 2 aromatic heterocycles. The standard InChI is InChI=1S/C20H23ClN6O/c1-2-3-4-15-17(20(28)23-13-7-9-22-10-8-13)18(27-26-15)19-24-14-6-5-12(21)11-16(14)25-19/h2,5-6,11,13,22H,1,3-4,7-10H2,(H,23,28)(H,24,25)(H,26,27). The van der Waals surface area contributed by atoms with Crippen LogP contribution in [0.2, 0.25) is 5.02 Å². The maximum absolute atomic E-state index is 13.1. The third kappa shape index (κ3) is 3.81. The number of carbonyl (C=O) groups is 1. The van der Waals surface area contributed by atoms with Crippen LogP contribution in [0.4, 0.5) is 0 Å². The van der Waals surface area contributed by atoms with Gasteiger partial charge in [0.2, 0.25) is 0 Å². The molecule has 1 aliphatic heterocycles. The average Bonchev–Trinajstić information content (AvgIpc) is 3.30. The lowest BCUT2D eigenvalue weighted by atomic mass is 10.0. The number of carbonyl (C=O) groups excluding carboxylic acids is 1. The fraction of sp³-hybridized carbons (Fsp3) is 0.350. The summed E-state index contributed by atoms with van der Waals surface area (Å²) < 4.78 is 0. The van der Waals surface area contributed by atoms with Gasteiger partial charge >= 0.3 is 0 Å². The van der Waals surface area contributed by atoms with Gasteiger partial charge < -0.3 is 15.6 Å². The third-order valence-electron chi connectivity index (χ3n) is 5.01. The Hall–Kier alpha value is -2.64. The number of piperidine rings is 1. The summed E-state index contributed by atoms with van der Waals surface area (Å²) in [5, 5.41) is 14.5. The summed E-state index contributed by atoms with van der Waals surface area (Å²) in [6.45, 7) is 5.60. The van der Waals surface area contributed by atoms with Crippen molar-refractivity contribution >= 4 is 28.5 Å². The van der Waals surface area contributed by atoms with Crippen LogP contribution in [0.1, 0.15) is 35.3 Å². The molecule has 0 aliphatic carbocycles. The molecule has 0 unspecified atom stereocenters. The molecule has 0 atom stereocenters. The van der Waals surface area contributed by atoms with Crippen LogP contribution in [-0.4, -0.2) is 45.2 Å². The van der Waals surface area contributed by atoms with Gasteiger partial charge in [-0.25, -0.2) is 4.98 Å². The Morgan fingerprint density at radius 2 is 2.18 bits per heavy atom. The second-order valence-electron chi connectivity index (χ2n) is 7.00. The molecule has 4 N–H and O–H groups in total. The summed E-state index contributed by atoms with van der Waals surface area (Å²) in [5.41, 5.74) is 3.45. The van der Waals surface area contributed by atoms with Crippen molar-refractivity contribution in [2.45, 2.75) is 31.7 Å². The number of rotatable bonds is 6. The van der Waals surface area contributed by atoms with Crippen LogP contribution in [0.15, 0.2) is 30.9 Å². The number of amides is 1. The number of aryl methyl sites for hydroxylation is 1. The van der Waals surface area contributed by atoms with Crippen LogP contribution < -0.4 is 10.6 Å². The van der Waals surface area contributed by atoms with Crippen molar-refractivity contribution in [1.82, 2.24) is 30.8 Å². The van der Waals surface area contributed by atoms with Crippen molar-refractivity contribution in [2.24, 2.45) is 0 Å². The Labute approximate surface area is 168 Å². The van der Waals surface area contributed by atoms with E-state index in [1.165, 1.54) is 0 Å². The van der Waals surface area contributed by atoms with E-state index in [4.69, 9.17) is 11.6 Å². The minimum atomic E-state index is -0.117. The minimum absolute atomic E-state index is 0.117. The van der Waals surface area contributed by atoms with Crippen molar-refractivity contribution in [3.63, 3.8) is 0 Å². The minimum Gasteiger partial charge on any atom is -0.349 e. The average molecular weight is 399 g/mol. The van der Waals surface area contributed by atoms with Crippen molar-refractivity contribution in [2.75, 3.05) is 13.1 Å².